The lowest BCUT2D eigenvalue weighted by Gasteiger charge is -2.19. The van der Waals surface area contributed by atoms with E-state index < -0.39 is 22.4 Å². The quantitative estimate of drug-likeness (QED) is 0.455. The molecule has 0 aromatic carbocycles. The summed E-state index contributed by atoms with van der Waals surface area (Å²) in [6, 6.07) is 0. The average molecular weight is 208 g/mol. The molecule has 0 unspecified atom stereocenters. The van der Waals surface area contributed by atoms with Gasteiger partial charge in [0.15, 0.2) is 0 Å². The van der Waals surface area contributed by atoms with Crippen LogP contribution in [0.5, 0.6) is 0 Å². The predicted octanol–water partition coefficient (Wildman–Crippen LogP) is 0.960. The lowest BCUT2D eigenvalue weighted by Crippen LogP contribution is -2.32. The fourth-order valence-corrected chi connectivity index (χ4v) is 0.972. The number of hydrogen-bond donors (Lipinski definition) is 0. The molecule has 0 fully saturated rings. The predicted molar refractivity (Wildman–Crippen MR) is 44.3 cm³/mol. The van der Waals surface area contributed by atoms with E-state index in [-0.39, 0.29) is 0 Å². The maximum absolute atomic E-state index is 10.0. The normalized spacial score (nSPS) is 14.1. The molecule has 8 nitrogen and oxygen atoms in total. The molecule has 0 radical (unpaired) electrons. The monoisotopic (exact) mass is 208 g/mol. The molecule has 0 aromatic heterocycles. The van der Waals surface area contributed by atoms with E-state index in [1.54, 1.807) is 6.92 Å². The van der Waals surface area contributed by atoms with E-state index in [2.05, 4.69) is 9.68 Å². The third-order valence-corrected chi connectivity index (χ3v) is 1.57. The van der Waals surface area contributed by atoms with Gasteiger partial charge in [-0.1, -0.05) is 13.3 Å². The smallest absolute Gasteiger partial charge is 0.294 e. The zero-order valence-electron chi connectivity index (χ0n) is 7.91. The summed E-state index contributed by atoms with van der Waals surface area (Å²) in [4.78, 5) is 28.4. The van der Waals surface area contributed by atoms with Crippen molar-refractivity contribution < 1.29 is 19.8 Å². The first-order valence-corrected chi connectivity index (χ1v) is 4.09. The average Bonchev–Trinajstić information content (AvgIpc) is 2.01. The fraction of sp³-hybridized carbons (Fsp3) is 1.00. The third kappa shape index (κ3) is 5.12. The van der Waals surface area contributed by atoms with Crippen molar-refractivity contribution in [2.45, 2.75) is 38.9 Å². The van der Waals surface area contributed by atoms with E-state index in [1.807, 2.05) is 0 Å². The summed E-state index contributed by atoms with van der Waals surface area (Å²) < 4.78 is 0. The summed E-state index contributed by atoms with van der Waals surface area (Å²) in [6.45, 7) is 3.14. The highest BCUT2D eigenvalue weighted by molar-refractivity contribution is 4.62. The molecule has 0 aliphatic heterocycles. The Kier molecular flexibility index (Phi) is 5.27. The Morgan fingerprint density at radius 1 is 1.21 bits per heavy atom. The fourth-order valence-electron chi connectivity index (χ4n) is 0.972. The van der Waals surface area contributed by atoms with Gasteiger partial charge in [0.25, 0.3) is 10.2 Å². The molecular formula is C6H12N2O6. The minimum atomic E-state index is -0.989. The number of nitrogens with zero attached hydrogens (tertiary/aromatic N) is 2. The van der Waals surface area contributed by atoms with Gasteiger partial charge in [0.2, 0.25) is 0 Å². The van der Waals surface area contributed by atoms with Crippen LogP contribution in [-0.2, 0) is 9.68 Å². The van der Waals surface area contributed by atoms with Gasteiger partial charge in [-0.3, -0.25) is 0 Å². The molecule has 0 saturated heterocycles. The van der Waals surface area contributed by atoms with Crippen molar-refractivity contribution >= 4 is 0 Å². The van der Waals surface area contributed by atoms with Crippen LogP contribution < -0.4 is 0 Å². The second kappa shape index (κ2) is 5.95. The standard InChI is InChI=1S/C6H12N2O6/c1-3-4-6(14-8(11)12)5(2)13-7(9)10/h5-6H,3-4H2,1-2H3/t5-,6-/m1/s1. The maximum Gasteiger partial charge on any atom is 0.294 e. The minimum Gasteiger partial charge on any atom is -0.309 e. The molecule has 0 heterocycles. The van der Waals surface area contributed by atoms with Crippen LogP contribution >= 0.6 is 0 Å². The van der Waals surface area contributed by atoms with Gasteiger partial charge in [0.1, 0.15) is 12.2 Å². The summed E-state index contributed by atoms with van der Waals surface area (Å²) in [5.41, 5.74) is 0. The molecule has 0 amide bonds. The van der Waals surface area contributed by atoms with Crippen LogP contribution in [0.3, 0.4) is 0 Å². The summed E-state index contributed by atoms with van der Waals surface area (Å²) in [5.74, 6) is 0. The molecule has 82 valence electrons. The summed E-state index contributed by atoms with van der Waals surface area (Å²) >= 11 is 0. The Morgan fingerprint density at radius 2 is 1.71 bits per heavy atom. The van der Waals surface area contributed by atoms with E-state index in [4.69, 9.17) is 0 Å². The van der Waals surface area contributed by atoms with Crippen molar-refractivity contribution in [1.29, 1.82) is 0 Å². The summed E-state index contributed by atoms with van der Waals surface area (Å²) in [5, 5.41) is 18.0. The van der Waals surface area contributed by atoms with Gasteiger partial charge in [0.05, 0.1) is 0 Å². The first kappa shape index (κ1) is 12.4. The van der Waals surface area contributed by atoms with Crippen molar-refractivity contribution in [3.63, 3.8) is 0 Å². The first-order chi connectivity index (χ1) is 6.47. The van der Waals surface area contributed by atoms with Crippen molar-refractivity contribution in [3.8, 4) is 0 Å². The van der Waals surface area contributed by atoms with Crippen LogP contribution in [0.1, 0.15) is 26.7 Å². The Morgan fingerprint density at radius 3 is 2.07 bits per heavy atom. The summed E-state index contributed by atoms with van der Waals surface area (Å²) in [6.07, 6.45) is -0.907. The van der Waals surface area contributed by atoms with Crippen molar-refractivity contribution in [2.24, 2.45) is 0 Å². The van der Waals surface area contributed by atoms with E-state index in [9.17, 15) is 20.2 Å². The minimum absolute atomic E-state index is 0.329. The van der Waals surface area contributed by atoms with E-state index in [0.717, 1.165) is 0 Å². The Labute approximate surface area is 80.0 Å². The maximum atomic E-state index is 10.0. The lowest BCUT2D eigenvalue weighted by atomic mass is 10.1. The van der Waals surface area contributed by atoms with Gasteiger partial charge in [-0.2, -0.15) is 0 Å². The molecule has 14 heavy (non-hydrogen) atoms. The molecule has 0 aliphatic carbocycles. The molecule has 0 bridgehead atoms. The van der Waals surface area contributed by atoms with Crippen LogP contribution in [0, 0.1) is 20.2 Å². The second-order valence-electron chi connectivity index (χ2n) is 2.69. The third-order valence-electron chi connectivity index (χ3n) is 1.57. The zero-order valence-corrected chi connectivity index (χ0v) is 7.91. The van der Waals surface area contributed by atoms with Crippen LogP contribution in [0.15, 0.2) is 0 Å². The van der Waals surface area contributed by atoms with Gasteiger partial charge < -0.3 is 9.68 Å². The highest BCUT2D eigenvalue weighted by Crippen LogP contribution is 2.10. The van der Waals surface area contributed by atoms with Crippen molar-refractivity contribution in [1.82, 2.24) is 0 Å². The highest BCUT2D eigenvalue weighted by Gasteiger charge is 2.23. The van der Waals surface area contributed by atoms with E-state index in [1.165, 1.54) is 6.92 Å². The van der Waals surface area contributed by atoms with E-state index >= 15 is 0 Å². The van der Waals surface area contributed by atoms with Crippen molar-refractivity contribution in [2.75, 3.05) is 0 Å². The molecule has 2 atom stereocenters. The largest absolute Gasteiger partial charge is 0.309 e. The topological polar surface area (TPSA) is 105 Å². The van der Waals surface area contributed by atoms with Gasteiger partial charge in [0, 0.05) is 0 Å². The van der Waals surface area contributed by atoms with Gasteiger partial charge in [-0.05, 0) is 13.3 Å². The first-order valence-electron chi connectivity index (χ1n) is 4.09. The highest BCUT2D eigenvalue weighted by atomic mass is 17.0. The zero-order chi connectivity index (χ0) is 11.1. The molecule has 0 saturated carbocycles. The number of hydrogen-bond acceptors (Lipinski definition) is 6. The van der Waals surface area contributed by atoms with Crippen molar-refractivity contribution in [3.05, 3.63) is 20.2 Å². The Bertz CT molecular complexity index is 208. The van der Waals surface area contributed by atoms with Crippen LogP contribution in [0.2, 0.25) is 0 Å². The molecular weight excluding hydrogens is 196 g/mol. The lowest BCUT2D eigenvalue weighted by molar-refractivity contribution is -0.798. The molecule has 8 heteroatoms. The molecule has 0 spiro atoms. The SMILES string of the molecule is CCC[C@@H](O[N+](=O)[O-])[C@@H](C)O[N+](=O)[O-]. The van der Waals surface area contributed by atoms with Crippen LogP contribution in [-0.4, -0.2) is 22.4 Å². The van der Waals surface area contributed by atoms with Crippen LogP contribution in [0.4, 0.5) is 0 Å². The number of rotatable bonds is 7. The Balaban J connectivity index is 4.16. The van der Waals surface area contributed by atoms with Gasteiger partial charge >= 0.3 is 0 Å². The molecule has 0 rings (SSSR count). The molecule has 0 N–H and O–H groups in total. The summed E-state index contributed by atoms with van der Waals surface area (Å²) in [7, 11) is 0. The van der Waals surface area contributed by atoms with Gasteiger partial charge in [-0.25, -0.2) is 0 Å². The van der Waals surface area contributed by atoms with Gasteiger partial charge in [-0.15, -0.1) is 20.2 Å². The van der Waals surface area contributed by atoms with Crippen LogP contribution in [0.25, 0.3) is 0 Å². The molecule has 0 aliphatic rings. The second-order valence-corrected chi connectivity index (χ2v) is 2.69. The Hall–Kier alpha value is -1.60. The molecule has 0 aromatic rings. The van der Waals surface area contributed by atoms with E-state index in [0.29, 0.717) is 12.8 Å².